The van der Waals surface area contributed by atoms with Crippen LogP contribution in [0.4, 0.5) is 11.4 Å². The van der Waals surface area contributed by atoms with Crippen LogP contribution in [-0.2, 0) is 0 Å². The molecule has 3 rings (SSSR count). The van der Waals surface area contributed by atoms with Gasteiger partial charge in [-0.25, -0.2) is 0 Å². The summed E-state index contributed by atoms with van der Waals surface area (Å²) in [4.78, 5) is 14.7. The van der Waals surface area contributed by atoms with Gasteiger partial charge in [0, 0.05) is 23.7 Å². The molecule has 0 spiro atoms. The van der Waals surface area contributed by atoms with Crippen molar-refractivity contribution in [2.75, 3.05) is 23.3 Å². The molecule has 1 aliphatic rings. The average Bonchev–Trinajstić information content (AvgIpc) is 2.56. The standard InChI is InChI=1S/C18H19ClN2O/c19-15-9-10-17(21-11-5-2-6-12-21)16(13-15)20-18(22)14-7-3-1-4-8-14/h1,3-4,7-10,13H,2,5-6,11-12H2,(H,20,22). The number of hydrogen-bond donors (Lipinski definition) is 1. The Hall–Kier alpha value is -2.00. The van der Waals surface area contributed by atoms with Crippen LogP contribution in [-0.4, -0.2) is 19.0 Å². The first kappa shape index (κ1) is 14.9. The molecule has 3 nitrogen and oxygen atoms in total. The van der Waals surface area contributed by atoms with Gasteiger partial charge in [0.25, 0.3) is 5.91 Å². The minimum atomic E-state index is -0.110. The van der Waals surface area contributed by atoms with Gasteiger partial charge in [-0.05, 0) is 49.6 Å². The minimum absolute atomic E-state index is 0.110. The highest BCUT2D eigenvalue weighted by molar-refractivity contribution is 6.31. The van der Waals surface area contributed by atoms with E-state index in [-0.39, 0.29) is 5.91 Å². The number of anilines is 2. The van der Waals surface area contributed by atoms with Crippen LogP contribution in [0.5, 0.6) is 0 Å². The van der Waals surface area contributed by atoms with E-state index in [9.17, 15) is 4.79 Å². The molecule has 0 aromatic heterocycles. The van der Waals surface area contributed by atoms with E-state index < -0.39 is 0 Å². The number of amides is 1. The maximum atomic E-state index is 12.4. The molecule has 1 saturated heterocycles. The second kappa shape index (κ2) is 6.84. The highest BCUT2D eigenvalue weighted by atomic mass is 35.5. The second-order valence-corrected chi connectivity index (χ2v) is 5.97. The lowest BCUT2D eigenvalue weighted by atomic mass is 10.1. The van der Waals surface area contributed by atoms with Crippen molar-refractivity contribution in [2.45, 2.75) is 19.3 Å². The van der Waals surface area contributed by atoms with Gasteiger partial charge in [0.1, 0.15) is 0 Å². The number of hydrogen-bond acceptors (Lipinski definition) is 2. The summed E-state index contributed by atoms with van der Waals surface area (Å²) in [5.74, 6) is -0.110. The molecule has 114 valence electrons. The number of carbonyl (C=O) groups excluding carboxylic acids is 1. The van der Waals surface area contributed by atoms with Crippen molar-refractivity contribution >= 4 is 28.9 Å². The summed E-state index contributed by atoms with van der Waals surface area (Å²) in [5.41, 5.74) is 2.48. The molecule has 0 unspecified atom stereocenters. The van der Waals surface area contributed by atoms with Crippen molar-refractivity contribution in [3.8, 4) is 0 Å². The first-order chi connectivity index (χ1) is 10.7. The summed E-state index contributed by atoms with van der Waals surface area (Å²) >= 11 is 6.12. The first-order valence-corrected chi connectivity index (χ1v) is 8.03. The molecule has 1 N–H and O–H groups in total. The third kappa shape index (κ3) is 3.42. The van der Waals surface area contributed by atoms with E-state index in [1.165, 1.54) is 19.3 Å². The van der Waals surface area contributed by atoms with E-state index in [1.54, 1.807) is 12.1 Å². The normalized spacial score (nSPS) is 14.7. The third-order valence-electron chi connectivity index (χ3n) is 3.94. The van der Waals surface area contributed by atoms with Crippen LogP contribution >= 0.6 is 11.6 Å². The minimum Gasteiger partial charge on any atom is -0.370 e. The fraction of sp³-hybridized carbons (Fsp3) is 0.278. The molecule has 1 amide bonds. The Labute approximate surface area is 135 Å². The molecule has 0 saturated carbocycles. The van der Waals surface area contributed by atoms with Crippen molar-refractivity contribution < 1.29 is 4.79 Å². The topological polar surface area (TPSA) is 32.3 Å². The van der Waals surface area contributed by atoms with Gasteiger partial charge in [0.15, 0.2) is 0 Å². The fourth-order valence-corrected chi connectivity index (χ4v) is 2.98. The molecule has 0 atom stereocenters. The van der Waals surface area contributed by atoms with Gasteiger partial charge in [-0.15, -0.1) is 0 Å². The number of piperidine rings is 1. The molecule has 1 heterocycles. The van der Waals surface area contributed by atoms with Gasteiger partial charge in [-0.1, -0.05) is 29.8 Å². The number of carbonyl (C=O) groups is 1. The van der Waals surface area contributed by atoms with Gasteiger partial charge >= 0.3 is 0 Å². The Morgan fingerprint density at radius 2 is 1.73 bits per heavy atom. The summed E-state index contributed by atoms with van der Waals surface area (Å²) < 4.78 is 0. The zero-order valence-corrected chi connectivity index (χ0v) is 13.1. The summed E-state index contributed by atoms with van der Waals surface area (Å²) in [5, 5.41) is 3.63. The lowest BCUT2D eigenvalue weighted by Crippen LogP contribution is -2.30. The molecule has 0 aliphatic carbocycles. The summed E-state index contributed by atoms with van der Waals surface area (Å²) in [7, 11) is 0. The maximum Gasteiger partial charge on any atom is 0.255 e. The lowest BCUT2D eigenvalue weighted by Gasteiger charge is -2.30. The van der Waals surface area contributed by atoms with Gasteiger partial charge in [0.2, 0.25) is 0 Å². The van der Waals surface area contributed by atoms with Crippen molar-refractivity contribution in [2.24, 2.45) is 0 Å². The van der Waals surface area contributed by atoms with Gasteiger partial charge in [-0.2, -0.15) is 0 Å². The number of nitrogens with one attached hydrogen (secondary N) is 1. The second-order valence-electron chi connectivity index (χ2n) is 5.53. The molecule has 0 radical (unpaired) electrons. The summed E-state index contributed by atoms with van der Waals surface area (Å²) in [6, 6.07) is 14.9. The molecule has 1 fully saturated rings. The number of halogens is 1. The van der Waals surface area contributed by atoms with E-state index in [0.29, 0.717) is 10.6 Å². The van der Waals surface area contributed by atoms with Crippen LogP contribution in [0, 0.1) is 0 Å². The molecular weight excluding hydrogens is 296 g/mol. The SMILES string of the molecule is O=C(Nc1cc(Cl)ccc1N1CCCCC1)c1ccccc1. The smallest absolute Gasteiger partial charge is 0.255 e. The van der Waals surface area contributed by atoms with Crippen LogP contribution < -0.4 is 10.2 Å². The van der Waals surface area contributed by atoms with Crippen LogP contribution in [0.3, 0.4) is 0 Å². The number of rotatable bonds is 3. The molecular formula is C18H19ClN2O. The lowest BCUT2D eigenvalue weighted by molar-refractivity contribution is 0.102. The quantitative estimate of drug-likeness (QED) is 0.899. The monoisotopic (exact) mass is 314 g/mol. The zero-order valence-electron chi connectivity index (χ0n) is 12.4. The van der Waals surface area contributed by atoms with Crippen LogP contribution in [0.25, 0.3) is 0 Å². The Kier molecular flexibility index (Phi) is 4.64. The van der Waals surface area contributed by atoms with Gasteiger partial charge < -0.3 is 10.2 Å². The van der Waals surface area contributed by atoms with E-state index in [0.717, 1.165) is 24.5 Å². The number of benzene rings is 2. The van der Waals surface area contributed by atoms with E-state index in [4.69, 9.17) is 11.6 Å². The molecule has 22 heavy (non-hydrogen) atoms. The Balaban J connectivity index is 1.85. The predicted molar refractivity (Wildman–Crippen MR) is 91.9 cm³/mol. The molecule has 4 heteroatoms. The first-order valence-electron chi connectivity index (χ1n) is 7.65. The zero-order chi connectivity index (χ0) is 15.4. The largest absolute Gasteiger partial charge is 0.370 e. The highest BCUT2D eigenvalue weighted by Gasteiger charge is 2.16. The van der Waals surface area contributed by atoms with Crippen molar-refractivity contribution in [3.05, 3.63) is 59.1 Å². The Morgan fingerprint density at radius 3 is 2.45 bits per heavy atom. The van der Waals surface area contributed by atoms with Crippen LogP contribution in [0.15, 0.2) is 48.5 Å². The maximum absolute atomic E-state index is 12.4. The fourth-order valence-electron chi connectivity index (χ4n) is 2.80. The van der Waals surface area contributed by atoms with Crippen LogP contribution in [0.1, 0.15) is 29.6 Å². The van der Waals surface area contributed by atoms with Crippen molar-refractivity contribution in [3.63, 3.8) is 0 Å². The highest BCUT2D eigenvalue weighted by Crippen LogP contribution is 2.31. The molecule has 2 aromatic carbocycles. The van der Waals surface area contributed by atoms with Gasteiger partial charge in [-0.3, -0.25) is 4.79 Å². The predicted octanol–water partition coefficient (Wildman–Crippen LogP) is 4.58. The summed E-state index contributed by atoms with van der Waals surface area (Å²) in [6.45, 7) is 2.05. The average molecular weight is 315 g/mol. The Morgan fingerprint density at radius 1 is 1.00 bits per heavy atom. The Bertz CT molecular complexity index is 651. The molecule has 1 aliphatic heterocycles. The van der Waals surface area contributed by atoms with Crippen molar-refractivity contribution in [1.82, 2.24) is 0 Å². The molecule has 2 aromatic rings. The van der Waals surface area contributed by atoms with Crippen molar-refractivity contribution in [1.29, 1.82) is 0 Å². The van der Waals surface area contributed by atoms with E-state index in [2.05, 4.69) is 10.2 Å². The van der Waals surface area contributed by atoms with E-state index >= 15 is 0 Å². The summed E-state index contributed by atoms with van der Waals surface area (Å²) in [6.07, 6.45) is 3.65. The van der Waals surface area contributed by atoms with Gasteiger partial charge in [0.05, 0.1) is 11.4 Å². The van der Waals surface area contributed by atoms with Crippen LogP contribution in [0.2, 0.25) is 5.02 Å². The number of nitrogens with zero attached hydrogens (tertiary/aromatic N) is 1. The molecule has 0 bridgehead atoms. The third-order valence-corrected chi connectivity index (χ3v) is 4.17. The van der Waals surface area contributed by atoms with E-state index in [1.807, 2.05) is 36.4 Å².